The summed E-state index contributed by atoms with van der Waals surface area (Å²) in [5.74, 6) is 0.820. The molecule has 0 saturated heterocycles. The van der Waals surface area contributed by atoms with Crippen LogP contribution < -0.4 is 0 Å². The van der Waals surface area contributed by atoms with Crippen LogP contribution in [0.1, 0.15) is 36.6 Å². The zero-order chi connectivity index (χ0) is 9.10. The highest BCUT2D eigenvalue weighted by molar-refractivity contribution is 7.09. The molecule has 1 saturated carbocycles. The van der Waals surface area contributed by atoms with Gasteiger partial charge in [-0.3, -0.25) is 0 Å². The molecule has 2 rings (SSSR count). The first-order chi connectivity index (χ1) is 6.40. The van der Waals surface area contributed by atoms with Crippen molar-refractivity contribution < 1.29 is 0 Å². The second-order valence-electron chi connectivity index (χ2n) is 3.56. The first-order valence-corrected chi connectivity index (χ1v) is 5.57. The molecule has 1 fully saturated rings. The quantitative estimate of drug-likeness (QED) is 0.686. The van der Waals surface area contributed by atoms with Gasteiger partial charge < -0.3 is 0 Å². The molecule has 0 radical (unpaired) electrons. The molecule has 0 amide bonds. The molecule has 1 aliphatic carbocycles. The Labute approximate surface area is 82.2 Å². The molecule has 68 valence electrons. The molecule has 1 aromatic rings. The van der Waals surface area contributed by atoms with Crippen LogP contribution >= 0.6 is 11.3 Å². The molecule has 2 atom stereocenters. The maximum atomic E-state index is 8.84. The van der Waals surface area contributed by atoms with Crippen molar-refractivity contribution in [1.82, 2.24) is 4.98 Å². The molecule has 0 N–H and O–H groups in total. The number of hydrogen-bond donors (Lipinski definition) is 0. The van der Waals surface area contributed by atoms with Gasteiger partial charge in [-0.15, -0.1) is 11.3 Å². The van der Waals surface area contributed by atoms with Gasteiger partial charge in [0.2, 0.25) is 0 Å². The number of nitrogens with zero attached hydrogens (tertiary/aromatic N) is 2. The molecule has 1 aromatic heterocycles. The van der Waals surface area contributed by atoms with Gasteiger partial charge in [0.05, 0.1) is 11.1 Å². The van der Waals surface area contributed by atoms with Crippen LogP contribution in [0.15, 0.2) is 11.6 Å². The number of aromatic nitrogens is 1. The average Bonchev–Trinajstić information content (AvgIpc) is 2.71. The lowest BCUT2D eigenvalue weighted by Gasteiger charge is -2.23. The van der Waals surface area contributed by atoms with E-state index in [9.17, 15) is 0 Å². The number of thiazole rings is 1. The third-order valence-electron chi connectivity index (χ3n) is 2.66. The second-order valence-corrected chi connectivity index (χ2v) is 4.49. The van der Waals surface area contributed by atoms with E-state index < -0.39 is 0 Å². The third kappa shape index (κ3) is 1.89. The van der Waals surface area contributed by atoms with Gasteiger partial charge in [-0.05, 0) is 19.3 Å². The zero-order valence-corrected chi connectivity index (χ0v) is 8.26. The van der Waals surface area contributed by atoms with Gasteiger partial charge in [-0.1, -0.05) is 6.42 Å². The smallest absolute Gasteiger partial charge is 0.0956 e. The topological polar surface area (TPSA) is 36.7 Å². The minimum atomic E-state index is 0.266. The van der Waals surface area contributed by atoms with Crippen molar-refractivity contribution in [1.29, 1.82) is 5.26 Å². The van der Waals surface area contributed by atoms with Gasteiger partial charge in [0.15, 0.2) is 0 Å². The largest absolute Gasteiger partial charge is 0.249 e. The number of nitriles is 1. The molecule has 2 unspecified atom stereocenters. The maximum Gasteiger partial charge on any atom is 0.0956 e. The Morgan fingerprint density at radius 3 is 3.15 bits per heavy atom. The highest BCUT2D eigenvalue weighted by atomic mass is 32.1. The predicted molar refractivity (Wildman–Crippen MR) is 52.4 cm³/mol. The first kappa shape index (κ1) is 8.71. The highest BCUT2D eigenvalue weighted by Crippen LogP contribution is 2.36. The molecular formula is C10H12N2S. The fourth-order valence-corrected chi connectivity index (χ4v) is 2.76. The van der Waals surface area contributed by atoms with E-state index in [0.29, 0.717) is 5.92 Å². The van der Waals surface area contributed by atoms with Crippen molar-refractivity contribution >= 4 is 11.3 Å². The third-order valence-corrected chi connectivity index (χ3v) is 3.60. The molecule has 3 heteroatoms. The summed E-state index contributed by atoms with van der Waals surface area (Å²) in [5.41, 5.74) is 0. The van der Waals surface area contributed by atoms with E-state index in [4.69, 9.17) is 5.26 Å². The Morgan fingerprint density at radius 2 is 2.46 bits per heavy atom. The minimum absolute atomic E-state index is 0.266. The minimum Gasteiger partial charge on any atom is -0.249 e. The van der Waals surface area contributed by atoms with Crippen molar-refractivity contribution in [3.63, 3.8) is 0 Å². The average molecular weight is 192 g/mol. The number of hydrogen-bond acceptors (Lipinski definition) is 3. The zero-order valence-electron chi connectivity index (χ0n) is 7.44. The molecule has 0 aliphatic heterocycles. The van der Waals surface area contributed by atoms with E-state index in [2.05, 4.69) is 11.1 Å². The Morgan fingerprint density at radius 1 is 1.54 bits per heavy atom. The summed E-state index contributed by atoms with van der Waals surface area (Å²) in [7, 11) is 0. The van der Waals surface area contributed by atoms with E-state index in [0.717, 1.165) is 12.8 Å². The molecule has 13 heavy (non-hydrogen) atoms. The van der Waals surface area contributed by atoms with E-state index >= 15 is 0 Å². The van der Waals surface area contributed by atoms with Crippen molar-refractivity contribution in [2.24, 2.45) is 5.92 Å². The van der Waals surface area contributed by atoms with Crippen LogP contribution in [-0.2, 0) is 0 Å². The first-order valence-electron chi connectivity index (χ1n) is 4.69. The molecule has 1 aliphatic rings. The standard InChI is InChI=1S/C10H12N2S/c11-7-8-2-1-3-9(6-8)10-12-4-5-13-10/h4-5,8-9H,1-3,6H2. The fraction of sp³-hybridized carbons (Fsp3) is 0.600. The van der Waals surface area contributed by atoms with Gasteiger partial charge in [0.25, 0.3) is 0 Å². The van der Waals surface area contributed by atoms with Crippen molar-refractivity contribution in [3.05, 3.63) is 16.6 Å². The van der Waals surface area contributed by atoms with Gasteiger partial charge in [0.1, 0.15) is 0 Å². The van der Waals surface area contributed by atoms with E-state index in [-0.39, 0.29) is 5.92 Å². The molecule has 0 spiro atoms. The Hall–Kier alpha value is -0.880. The lowest BCUT2D eigenvalue weighted by molar-refractivity contribution is 0.378. The summed E-state index contributed by atoms with van der Waals surface area (Å²) in [4.78, 5) is 4.32. The van der Waals surface area contributed by atoms with Crippen LogP contribution in [0, 0.1) is 17.2 Å². The van der Waals surface area contributed by atoms with Gasteiger partial charge in [0, 0.05) is 23.4 Å². The van der Waals surface area contributed by atoms with Crippen LogP contribution in [0.4, 0.5) is 0 Å². The van der Waals surface area contributed by atoms with E-state index in [1.807, 2.05) is 11.6 Å². The highest BCUT2D eigenvalue weighted by Gasteiger charge is 2.24. The van der Waals surface area contributed by atoms with Crippen LogP contribution in [0.3, 0.4) is 0 Å². The van der Waals surface area contributed by atoms with Gasteiger partial charge >= 0.3 is 0 Å². The molecule has 1 heterocycles. The fourth-order valence-electron chi connectivity index (χ4n) is 1.97. The summed E-state index contributed by atoms with van der Waals surface area (Å²) >= 11 is 1.72. The van der Waals surface area contributed by atoms with Crippen LogP contribution in [-0.4, -0.2) is 4.98 Å². The summed E-state index contributed by atoms with van der Waals surface area (Å²) in [5, 5.41) is 12.1. The van der Waals surface area contributed by atoms with Crippen molar-refractivity contribution in [3.8, 4) is 6.07 Å². The van der Waals surface area contributed by atoms with Crippen LogP contribution in [0.2, 0.25) is 0 Å². The van der Waals surface area contributed by atoms with Crippen molar-refractivity contribution in [2.75, 3.05) is 0 Å². The normalized spacial score (nSPS) is 28.2. The second kappa shape index (κ2) is 3.89. The maximum absolute atomic E-state index is 8.84. The van der Waals surface area contributed by atoms with Crippen LogP contribution in [0.5, 0.6) is 0 Å². The molecular weight excluding hydrogens is 180 g/mol. The Balaban J connectivity index is 2.05. The Bertz CT molecular complexity index is 299. The van der Waals surface area contributed by atoms with Gasteiger partial charge in [-0.25, -0.2) is 4.98 Å². The molecule has 0 aromatic carbocycles. The predicted octanol–water partition coefficient (Wildman–Crippen LogP) is 2.94. The summed E-state index contributed by atoms with van der Waals surface area (Å²) in [6.45, 7) is 0. The summed E-state index contributed by atoms with van der Waals surface area (Å²) in [6, 6.07) is 2.37. The molecule has 0 bridgehead atoms. The van der Waals surface area contributed by atoms with Crippen LogP contribution in [0.25, 0.3) is 0 Å². The molecule has 2 nitrogen and oxygen atoms in total. The van der Waals surface area contributed by atoms with E-state index in [1.54, 1.807) is 11.3 Å². The number of rotatable bonds is 1. The SMILES string of the molecule is N#CC1CCCC(c2nccs2)C1. The van der Waals surface area contributed by atoms with Crippen molar-refractivity contribution in [2.45, 2.75) is 31.6 Å². The van der Waals surface area contributed by atoms with Gasteiger partial charge in [-0.2, -0.15) is 5.26 Å². The Kier molecular flexibility index (Phi) is 2.60. The van der Waals surface area contributed by atoms with E-state index in [1.165, 1.54) is 17.8 Å². The summed E-state index contributed by atoms with van der Waals surface area (Å²) < 4.78 is 0. The monoisotopic (exact) mass is 192 g/mol. The lowest BCUT2D eigenvalue weighted by Crippen LogP contribution is -2.12. The summed E-state index contributed by atoms with van der Waals surface area (Å²) in [6.07, 6.45) is 6.35. The lowest BCUT2D eigenvalue weighted by atomic mass is 9.82.